The fourth-order valence-electron chi connectivity index (χ4n) is 1.40. The van der Waals surface area contributed by atoms with Crippen molar-refractivity contribution in [3.05, 3.63) is 27.9 Å². The number of nitrogens with zero attached hydrogens (tertiary/aromatic N) is 2. The first kappa shape index (κ1) is 14.8. The van der Waals surface area contributed by atoms with Gasteiger partial charge in [-0.3, -0.25) is 10.1 Å². The Morgan fingerprint density at radius 3 is 2.68 bits per heavy atom. The number of ether oxygens (including phenoxy) is 2. The molecule has 1 rings (SSSR count). The summed E-state index contributed by atoms with van der Waals surface area (Å²) >= 11 is 0. The molecule has 0 saturated heterocycles. The molecule has 7 nitrogen and oxygen atoms in total. The number of hydrogen-bond acceptors (Lipinski definition) is 6. The fourth-order valence-corrected chi connectivity index (χ4v) is 1.40. The molecule has 19 heavy (non-hydrogen) atoms. The lowest BCUT2D eigenvalue weighted by Gasteiger charge is -2.17. The van der Waals surface area contributed by atoms with Gasteiger partial charge >= 0.3 is 5.97 Å². The zero-order valence-electron chi connectivity index (χ0n) is 10.7. The summed E-state index contributed by atoms with van der Waals surface area (Å²) in [6.45, 7) is 2.32. The molecule has 0 fully saturated rings. The Balaban J connectivity index is 3.36. The summed E-state index contributed by atoms with van der Waals surface area (Å²) in [5.74, 6) is -1.27. The summed E-state index contributed by atoms with van der Waals surface area (Å²) in [7, 11) is 1.28. The van der Waals surface area contributed by atoms with E-state index in [0.29, 0.717) is 0 Å². The molecule has 104 valence electrons. The van der Waals surface area contributed by atoms with E-state index in [0.717, 1.165) is 13.0 Å². The lowest BCUT2D eigenvalue weighted by atomic mass is 10.0. The Morgan fingerprint density at radius 2 is 2.21 bits per heavy atom. The number of hydrogen-bond donors (Lipinski definition) is 0. The Bertz CT molecular complexity index is 504. The zero-order chi connectivity index (χ0) is 14.6. The number of esters is 1. The summed E-state index contributed by atoms with van der Waals surface area (Å²) in [5.41, 5.74) is -3.98. The normalized spacial score (nSPS) is 13.5. The van der Waals surface area contributed by atoms with Gasteiger partial charge in [0.25, 0.3) is 11.4 Å². The highest BCUT2D eigenvalue weighted by molar-refractivity contribution is 5.81. The van der Waals surface area contributed by atoms with Gasteiger partial charge < -0.3 is 9.47 Å². The number of rotatable bonds is 5. The quantitative estimate of drug-likeness (QED) is 0.460. The van der Waals surface area contributed by atoms with Crippen LogP contribution in [0.15, 0.2) is 12.1 Å². The summed E-state index contributed by atoms with van der Waals surface area (Å²) in [6, 6.07) is 2.24. The second kappa shape index (κ2) is 5.59. The smallest absolute Gasteiger partial charge is 0.350 e. The average molecular weight is 272 g/mol. The van der Waals surface area contributed by atoms with Gasteiger partial charge in [0.1, 0.15) is 0 Å². The van der Waals surface area contributed by atoms with E-state index >= 15 is 0 Å². The van der Waals surface area contributed by atoms with Gasteiger partial charge in [-0.1, -0.05) is 0 Å². The highest BCUT2D eigenvalue weighted by Crippen LogP contribution is 2.34. The minimum absolute atomic E-state index is 0.0335. The largest absolute Gasteiger partial charge is 0.481 e. The lowest BCUT2D eigenvalue weighted by molar-refractivity contribution is -0.386. The maximum Gasteiger partial charge on any atom is 0.350 e. The predicted octanol–water partition coefficient (Wildman–Crippen LogP) is 1.75. The molecular formula is C11H13FN2O5. The first-order valence-corrected chi connectivity index (χ1v) is 5.40. The molecule has 0 saturated carbocycles. The molecule has 0 radical (unpaired) electrons. The van der Waals surface area contributed by atoms with E-state index in [2.05, 4.69) is 9.72 Å². The Hall–Kier alpha value is -2.25. The van der Waals surface area contributed by atoms with Crippen molar-refractivity contribution in [3.8, 4) is 5.88 Å². The van der Waals surface area contributed by atoms with Crippen LogP contribution in [0.2, 0.25) is 0 Å². The maximum atomic E-state index is 14.4. The summed E-state index contributed by atoms with van der Waals surface area (Å²) < 4.78 is 23.8. The third-order valence-electron chi connectivity index (χ3n) is 2.36. The van der Waals surface area contributed by atoms with E-state index in [-0.39, 0.29) is 12.5 Å². The van der Waals surface area contributed by atoms with Crippen molar-refractivity contribution < 1.29 is 23.6 Å². The van der Waals surface area contributed by atoms with E-state index in [9.17, 15) is 19.3 Å². The summed E-state index contributed by atoms with van der Waals surface area (Å²) in [6.07, 6.45) is 0. The predicted molar refractivity (Wildman–Crippen MR) is 62.5 cm³/mol. The van der Waals surface area contributed by atoms with Crippen molar-refractivity contribution >= 4 is 11.7 Å². The van der Waals surface area contributed by atoms with Crippen LogP contribution < -0.4 is 4.74 Å². The number of carbonyl (C=O) groups is 1. The first-order valence-electron chi connectivity index (χ1n) is 5.40. The number of carbonyl (C=O) groups excluding carboxylic acids is 1. The number of aromatic nitrogens is 1. The molecule has 1 unspecified atom stereocenters. The van der Waals surface area contributed by atoms with Crippen LogP contribution in [0.25, 0.3) is 0 Å². The highest BCUT2D eigenvalue weighted by atomic mass is 19.1. The molecule has 1 atom stereocenters. The number of alkyl halides is 1. The zero-order valence-corrected chi connectivity index (χ0v) is 10.7. The molecule has 0 bridgehead atoms. The standard InChI is InChI=1S/C11H13FN2O5/c1-4-19-10(15)11(2,12)9-7(14(16)17)5-6-8(13-9)18-3/h5-6H,4H2,1-3H3. The summed E-state index contributed by atoms with van der Waals surface area (Å²) in [5, 5.41) is 10.9. The van der Waals surface area contributed by atoms with Gasteiger partial charge in [0.05, 0.1) is 18.6 Å². The molecule has 0 aromatic carbocycles. The van der Waals surface area contributed by atoms with Gasteiger partial charge in [-0.05, 0) is 13.8 Å². The van der Waals surface area contributed by atoms with E-state index in [1.165, 1.54) is 20.1 Å². The van der Waals surface area contributed by atoms with Crippen LogP contribution in [-0.4, -0.2) is 29.6 Å². The van der Waals surface area contributed by atoms with E-state index in [1.807, 2.05) is 0 Å². The molecule has 1 aromatic heterocycles. The van der Waals surface area contributed by atoms with Crippen LogP contribution in [0.5, 0.6) is 5.88 Å². The number of nitro groups is 1. The third kappa shape index (κ3) is 2.95. The molecule has 0 amide bonds. The lowest BCUT2D eigenvalue weighted by Crippen LogP contribution is -2.31. The van der Waals surface area contributed by atoms with Crippen molar-refractivity contribution in [3.63, 3.8) is 0 Å². The Morgan fingerprint density at radius 1 is 1.58 bits per heavy atom. The van der Waals surface area contributed by atoms with Crippen molar-refractivity contribution in [2.75, 3.05) is 13.7 Å². The highest BCUT2D eigenvalue weighted by Gasteiger charge is 2.44. The molecule has 0 spiro atoms. The van der Waals surface area contributed by atoms with Gasteiger partial charge in [0, 0.05) is 12.1 Å². The minimum Gasteiger partial charge on any atom is -0.481 e. The van der Waals surface area contributed by atoms with Gasteiger partial charge in [-0.25, -0.2) is 14.2 Å². The van der Waals surface area contributed by atoms with Crippen LogP contribution >= 0.6 is 0 Å². The molecule has 1 aromatic rings. The Kier molecular flexibility index (Phi) is 4.36. The molecule has 1 heterocycles. The number of halogens is 1. The van der Waals surface area contributed by atoms with Crippen molar-refractivity contribution in [2.24, 2.45) is 0 Å². The average Bonchev–Trinajstić information content (AvgIpc) is 2.38. The van der Waals surface area contributed by atoms with Crippen LogP contribution in [0.1, 0.15) is 19.5 Å². The van der Waals surface area contributed by atoms with Crippen molar-refractivity contribution in [1.29, 1.82) is 0 Å². The van der Waals surface area contributed by atoms with E-state index in [4.69, 9.17) is 4.74 Å². The van der Waals surface area contributed by atoms with Gasteiger partial charge in [0.15, 0.2) is 5.69 Å². The fraction of sp³-hybridized carbons (Fsp3) is 0.455. The van der Waals surface area contributed by atoms with Crippen LogP contribution in [-0.2, 0) is 15.2 Å². The molecule has 0 aliphatic heterocycles. The molecule has 8 heteroatoms. The molecular weight excluding hydrogens is 259 g/mol. The second-order valence-electron chi connectivity index (χ2n) is 3.70. The number of methoxy groups -OCH3 is 1. The second-order valence-corrected chi connectivity index (χ2v) is 3.70. The SMILES string of the molecule is CCOC(=O)C(C)(F)c1nc(OC)ccc1[N+](=O)[O-]. The maximum absolute atomic E-state index is 14.4. The van der Waals surface area contributed by atoms with Crippen LogP contribution in [0.4, 0.5) is 10.1 Å². The number of pyridine rings is 1. The van der Waals surface area contributed by atoms with Crippen molar-refractivity contribution in [1.82, 2.24) is 4.98 Å². The van der Waals surface area contributed by atoms with Gasteiger partial charge in [-0.15, -0.1) is 0 Å². The Labute approximate surface area is 108 Å². The molecule has 0 aliphatic carbocycles. The topological polar surface area (TPSA) is 91.6 Å². The summed E-state index contributed by atoms with van der Waals surface area (Å²) in [4.78, 5) is 25.2. The first-order chi connectivity index (χ1) is 8.84. The van der Waals surface area contributed by atoms with Crippen molar-refractivity contribution in [2.45, 2.75) is 19.5 Å². The van der Waals surface area contributed by atoms with E-state index in [1.54, 1.807) is 0 Å². The van der Waals surface area contributed by atoms with Gasteiger partial charge in [0.2, 0.25) is 5.88 Å². The molecule has 0 N–H and O–H groups in total. The third-order valence-corrected chi connectivity index (χ3v) is 2.36. The monoisotopic (exact) mass is 272 g/mol. The minimum atomic E-state index is -2.73. The van der Waals surface area contributed by atoms with Crippen LogP contribution in [0, 0.1) is 10.1 Å². The molecule has 0 aliphatic rings. The van der Waals surface area contributed by atoms with Crippen LogP contribution in [0.3, 0.4) is 0 Å². The van der Waals surface area contributed by atoms with Gasteiger partial charge in [-0.2, -0.15) is 0 Å². The van der Waals surface area contributed by atoms with E-state index < -0.39 is 27.9 Å².